The Morgan fingerprint density at radius 2 is 2.00 bits per heavy atom. The maximum Gasteiger partial charge on any atom is 0.407 e. The van der Waals surface area contributed by atoms with Gasteiger partial charge in [-0.25, -0.2) is 9.00 Å². The minimum atomic E-state index is -2.47. The van der Waals surface area contributed by atoms with Crippen molar-refractivity contribution >= 4 is 17.5 Å². The van der Waals surface area contributed by atoms with Crippen molar-refractivity contribution in [3.8, 4) is 0 Å². The van der Waals surface area contributed by atoms with E-state index in [4.69, 9.17) is 4.74 Å². The maximum atomic E-state index is 11.3. The van der Waals surface area contributed by atoms with Crippen LogP contribution in [0, 0.1) is 0 Å². The Labute approximate surface area is 114 Å². The molecule has 0 aliphatic carbocycles. The summed E-state index contributed by atoms with van der Waals surface area (Å²) >= 11 is -2.47. The summed E-state index contributed by atoms with van der Waals surface area (Å²) in [5, 5.41) is 2.57. The molecule has 1 aromatic carbocycles. The molecule has 0 aliphatic rings. The molecule has 7 heteroatoms. The van der Waals surface area contributed by atoms with Gasteiger partial charge < -0.3 is 18.8 Å². The van der Waals surface area contributed by atoms with Gasteiger partial charge in [0.05, 0.1) is 18.0 Å². The molecule has 0 saturated carbocycles. The molecule has 19 heavy (non-hydrogen) atoms. The quantitative estimate of drug-likeness (QED) is 0.578. The Morgan fingerprint density at radius 1 is 1.26 bits per heavy atom. The van der Waals surface area contributed by atoms with E-state index in [0.717, 1.165) is 5.56 Å². The second kappa shape index (κ2) is 9.48. The molecule has 1 atom stereocenters. The highest BCUT2D eigenvalue weighted by atomic mass is 32.2. The van der Waals surface area contributed by atoms with Crippen molar-refractivity contribution < 1.29 is 22.5 Å². The zero-order valence-corrected chi connectivity index (χ0v) is 11.2. The summed E-state index contributed by atoms with van der Waals surface area (Å²) in [6.45, 7) is 0.768. The molecule has 0 saturated heterocycles. The van der Waals surface area contributed by atoms with Crippen molar-refractivity contribution in [1.82, 2.24) is 5.32 Å². The molecule has 0 radical (unpaired) electrons. The maximum absolute atomic E-state index is 11.3. The van der Waals surface area contributed by atoms with Gasteiger partial charge in [0.15, 0.2) is 0 Å². The van der Waals surface area contributed by atoms with E-state index in [1.165, 1.54) is 0 Å². The average Bonchev–Trinajstić information content (AvgIpc) is 2.41. The van der Waals surface area contributed by atoms with Crippen LogP contribution in [-0.2, 0) is 26.9 Å². The van der Waals surface area contributed by atoms with E-state index >= 15 is 0 Å². The van der Waals surface area contributed by atoms with Crippen molar-refractivity contribution in [2.45, 2.75) is 19.4 Å². The number of alkyl carbamates (subject to hydrolysis) is 1. The number of hydrogen-bond donors (Lipinski definition) is 1. The predicted molar refractivity (Wildman–Crippen MR) is 68.7 cm³/mol. The first-order valence-electron chi connectivity index (χ1n) is 5.85. The van der Waals surface area contributed by atoms with Gasteiger partial charge in [-0.2, -0.15) is 0 Å². The third-order valence-corrected chi connectivity index (χ3v) is 2.59. The van der Waals surface area contributed by atoms with Crippen LogP contribution in [0.4, 0.5) is 4.79 Å². The van der Waals surface area contributed by atoms with Crippen LogP contribution in [-0.4, -0.2) is 28.0 Å². The fraction of sp³-hybridized carbons (Fsp3) is 0.417. The molecule has 0 bridgehead atoms. The second-order valence-corrected chi connectivity index (χ2v) is 4.37. The lowest BCUT2D eigenvalue weighted by molar-refractivity contribution is 0.139. The highest BCUT2D eigenvalue weighted by Crippen LogP contribution is 2.00. The minimum absolute atomic E-state index is 0.122. The molecule has 1 amide bonds. The smallest absolute Gasteiger partial charge is 0.407 e. The van der Waals surface area contributed by atoms with E-state index in [9.17, 15) is 13.6 Å². The number of carbonyl (C=O) groups is 1. The van der Waals surface area contributed by atoms with Crippen molar-refractivity contribution in [1.29, 1.82) is 0 Å². The Kier molecular flexibility index (Phi) is 7.80. The Balaban J connectivity index is 2.01. The molecule has 1 unspecified atom stereocenters. The number of ether oxygens (including phenoxy) is 1. The van der Waals surface area contributed by atoms with Crippen LogP contribution >= 0.6 is 0 Å². The molecule has 1 rings (SSSR count). The van der Waals surface area contributed by atoms with Gasteiger partial charge >= 0.3 is 6.09 Å². The van der Waals surface area contributed by atoms with Crippen LogP contribution in [0.2, 0.25) is 0 Å². The lowest BCUT2D eigenvalue weighted by Gasteiger charge is -2.07. The summed E-state index contributed by atoms with van der Waals surface area (Å²) in [7, 11) is 0. The van der Waals surface area contributed by atoms with E-state index < -0.39 is 17.5 Å². The SMILES string of the molecule is O=C(NCCCCOS(=O)[O-])OCc1ccccc1. The highest BCUT2D eigenvalue weighted by Gasteiger charge is 2.01. The summed E-state index contributed by atoms with van der Waals surface area (Å²) in [6, 6.07) is 9.37. The van der Waals surface area contributed by atoms with Crippen LogP contribution in [0.3, 0.4) is 0 Å². The van der Waals surface area contributed by atoms with Crippen molar-refractivity contribution in [3.63, 3.8) is 0 Å². The van der Waals surface area contributed by atoms with Crippen LogP contribution in [0.15, 0.2) is 30.3 Å². The largest absolute Gasteiger partial charge is 0.750 e. The normalized spacial score (nSPS) is 11.8. The first-order valence-corrected chi connectivity index (χ1v) is 6.85. The van der Waals surface area contributed by atoms with Gasteiger partial charge in [-0.15, -0.1) is 0 Å². The Hall–Kier alpha value is -1.44. The Morgan fingerprint density at radius 3 is 2.68 bits per heavy atom. The number of amides is 1. The molecule has 6 nitrogen and oxygen atoms in total. The number of nitrogens with one attached hydrogen (secondary N) is 1. The summed E-state index contributed by atoms with van der Waals surface area (Å²) in [6.07, 6.45) is 0.682. The van der Waals surface area contributed by atoms with Crippen LogP contribution in [0.1, 0.15) is 18.4 Å². The van der Waals surface area contributed by atoms with Gasteiger partial charge in [0.2, 0.25) is 0 Å². The van der Waals surface area contributed by atoms with Crippen molar-refractivity contribution in [2.75, 3.05) is 13.2 Å². The fourth-order valence-corrected chi connectivity index (χ4v) is 1.57. The standard InChI is InChI=1S/C12H17NO5S/c14-12(13-8-4-5-9-18-19(15)16)17-10-11-6-2-1-3-7-11/h1-3,6-7H,4-5,8-10H2,(H,13,14)(H,15,16)/p-1. The van der Waals surface area contributed by atoms with Gasteiger partial charge in [0.1, 0.15) is 6.61 Å². The summed E-state index contributed by atoms with van der Waals surface area (Å²) in [4.78, 5) is 11.3. The van der Waals surface area contributed by atoms with Gasteiger partial charge in [-0.1, -0.05) is 30.3 Å². The first kappa shape index (κ1) is 15.6. The zero-order valence-electron chi connectivity index (χ0n) is 10.4. The fourth-order valence-electron chi connectivity index (χ4n) is 1.32. The lowest BCUT2D eigenvalue weighted by Crippen LogP contribution is -2.25. The lowest BCUT2D eigenvalue weighted by atomic mass is 10.2. The molecular weight excluding hydrogens is 270 g/mol. The Bertz CT molecular complexity index is 398. The number of rotatable bonds is 8. The third-order valence-electron chi connectivity index (χ3n) is 2.23. The minimum Gasteiger partial charge on any atom is -0.750 e. The van der Waals surface area contributed by atoms with Gasteiger partial charge in [-0.3, -0.25) is 0 Å². The van der Waals surface area contributed by atoms with Gasteiger partial charge in [0.25, 0.3) is 0 Å². The van der Waals surface area contributed by atoms with Gasteiger partial charge in [0, 0.05) is 6.54 Å². The summed E-state index contributed by atoms with van der Waals surface area (Å²) < 4.78 is 29.4. The molecule has 1 aromatic rings. The topological polar surface area (TPSA) is 87.7 Å². The molecular formula is C12H16NO5S-. The highest BCUT2D eigenvalue weighted by molar-refractivity contribution is 7.74. The summed E-state index contributed by atoms with van der Waals surface area (Å²) in [5.74, 6) is 0. The molecule has 0 aliphatic heterocycles. The molecule has 1 N–H and O–H groups in total. The zero-order chi connectivity index (χ0) is 13.9. The van der Waals surface area contributed by atoms with Gasteiger partial charge in [-0.05, 0) is 18.4 Å². The van der Waals surface area contributed by atoms with E-state index in [-0.39, 0.29) is 13.2 Å². The molecule has 0 heterocycles. The average molecular weight is 286 g/mol. The second-order valence-electron chi connectivity index (χ2n) is 3.72. The predicted octanol–water partition coefficient (Wildman–Crippen LogP) is 1.50. The van der Waals surface area contributed by atoms with Crippen LogP contribution in [0.25, 0.3) is 0 Å². The number of benzene rings is 1. The molecule has 0 spiro atoms. The first-order chi connectivity index (χ1) is 9.18. The number of unbranched alkanes of at least 4 members (excludes halogenated alkanes) is 1. The third kappa shape index (κ3) is 8.30. The van der Waals surface area contributed by atoms with Crippen LogP contribution < -0.4 is 5.32 Å². The number of hydrogen-bond acceptors (Lipinski definition) is 5. The molecule has 0 fully saturated rings. The monoisotopic (exact) mass is 286 g/mol. The van der Waals surface area contributed by atoms with Crippen molar-refractivity contribution in [2.24, 2.45) is 0 Å². The van der Waals surface area contributed by atoms with E-state index in [0.29, 0.717) is 19.4 Å². The van der Waals surface area contributed by atoms with E-state index in [1.54, 1.807) is 0 Å². The van der Waals surface area contributed by atoms with E-state index in [1.807, 2.05) is 30.3 Å². The molecule has 106 valence electrons. The molecule has 0 aromatic heterocycles. The summed E-state index contributed by atoms with van der Waals surface area (Å²) in [5.41, 5.74) is 0.920. The van der Waals surface area contributed by atoms with Crippen LogP contribution in [0.5, 0.6) is 0 Å². The van der Waals surface area contributed by atoms with Crippen molar-refractivity contribution in [3.05, 3.63) is 35.9 Å². The van der Waals surface area contributed by atoms with E-state index in [2.05, 4.69) is 9.50 Å². The number of carbonyl (C=O) groups excluding carboxylic acids is 1.